The Morgan fingerprint density at radius 2 is 2.15 bits per heavy atom. The van der Waals surface area contributed by atoms with Gasteiger partial charge < -0.3 is 5.32 Å². The summed E-state index contributed by atoms with van der Waals surface area (Å²) < 4.78 is 38.2. The van der Waals surface area contributed by atoms with E-state index >= 15 is 0 Å². The summed E-state index contributed by atoms with van der Waals surface area (Å²) in [6, 6.07) is 3.65. The topological polar surface area (TPSA) is 29.1 Å². The van der Waals surface area contributed by atoms with Crippen LogP contribution in [-0.4, -0.2) is 11.9 Å². The zero-order chi connectivity index (χ0) is 14.9. The van der Waals surface area contributed by atoms with Gasteiger partial charge in [0.05, 0.1) is 5.56 Å². The van der Waals surface area contributed by atoms with E-state index in [1.807, 2.05) is 0 Å². The van der Waals surface area contributed by atoms with E-state index in [-0.39, 0.29) is 16.1 Å². The van der Waals surface area contributed by atoms with E-state index in [0.717, 1.165) is 25.3 Å². The third-order valence-corrected chi connectivity index (χ3v) is 4.12. The molecule has 1 aromatic rings. The number of benzene rings is 1. The van der Waals surface area contributed by atoms with Gasteiger partial charge in [0.25, 0.3) is 5.91 Å². The third kappa shape index (κ3) is 3.53. The molecule has 20 heavy (non-hydrogen) atoms. The van der Waals surface area contributed by atoms with Crippen molar-refractivity contribution in [3.63, 3.8) is 0 Å². The minimum atomic E-state index is -4.47. The lowest BCUT2D eigenvalue weighted by atomic mass is 10.1. The van der Waals surface area contributed by atoms with E-state index in [4.69, 9.17) is 0 Å². The summed E-state index contributed by atoms with van der Waals surface area (Å²) in [5.74, 6) is 0.0353. The molecule has 0 bridgehead atoms. The Morgan fingerprint density at radius 3 is 2.75 bits per heavy atom. The molecule has 0 heterocycles. The summed E-state index contributed by atoms with van der Waals surface area (Å²) in [7, 11) is 0. The van der Waals surface area contributed by atoms with E-state index in [0.29, 0.717) is 5.92 Å². The van der Waals surface area contributed by atoms with Crippen molar-refractivity contribution >= 4 is 21.8 Å². The maximum atomic E-state index is 12.8. The highest BCUT2D eigenvalue weighted by molar-refractivity contribution is 9.10. The van der Waals surface area contributed by atoms with Gasteiger partial charge in [-0.2, -0.15) is 13.2 Å². The predicted octanol–water partition coefficient (Wildman–Crippen LogP) is 4.39. The molecule has 110 valence electrons. The zero-order valence-electron chi connectivity index (χ0n) is 10.9. The lowest BCUT2D eigenvalue weighted by molar-refractivity contribution is -0.138. The Bertz CT molecular complexity index is 516. The fourth-order valence-electron chi connectivity index (χ4n) is 2.25. The van der Waals surface area contributed by atoms with Crippen molar-refractivity contribution in [1.82, 2.24) is 5.32 Å². The van der Waals surface area contributed by atoms with E-state index in [1.54, 1.807) is 0 Å². The van der Waals surface area contributed by atoms with Gasteiger partial charge in [0, 0.05) is 16.1 Å². The smallest absolute Gasteiger partial charge is 0.349 e. The van der Waals surface area contributed by atoms with Crippen molar-refractivity contribution in [2.45, 2.75) is 38.4 Å². The fraction of sp³-hybridized carbons (Fsp3) is 0.500. The van der Waals surface area contributed by atoms with Gasteiger partial charge in [-0.3, -0.25) is 4.79 Å². The molecule has 1 fully saturated rings. The molecular formula is C14H15BrF3NO. The molecule has 0 aromatic heterocycles. The number of carbonyl (C=O) groups is 1. The second-order valence-corrected chi connectivity index (χ2v) is 5.91. The summed E-state index contributed by atoms with van der Waals surface area (Å²) in [4.78, 5) is 11.9. The number of rotatable bonds is 4. The quantitative estimate of drug-likeness (QED) is 0.858. The summed E-state index contributed by atoms with van der Waals surface area (Å²) >= 11 is 2.86. The molecule has 2 unspecified atom stereocenters. The van der Waals surface area contributed by atoms with Crippen LogP contribution in [0.4, 0.5) is 13.2 Å². The molecule has 1 aliphatic rings. The Hall–Kier alpha value is -1.04. The third-order valence-electron chi connectivity index (χ3n) is 3.43. The fourth-order valence-corrected chi connectivity index (χ4v) is 2.72. The van der Waals surface area contributed by atoms with Gasteiger partial charge in [-0.15, -0.1) is 0 Å². The van der Waals surface area contributed by atoms with Crippen molar-refractivity contribution in [2.75, 3.05) is 0 Å². The monoisotopic (exact) mass is 349 g/mol. The molecule has 0 aliphatic heterocycles. The normalized spacial score (nSPS) is 21.6. The van der Waals surface area contributed by atoms with Crippen LogP contribution in [0, 0.1) is 5.92 Å². The molecule has 0 saturated heterocycles. The van der Waals surface area contributed by atoms with Crippen molar-refractivity contribution in [1.29, 1.82) is 0 Å². The Morgan fingerprint density at radius 1 is 1.45 bits per heavy atom. The highest BCUT2D eigenvalue weighted by Gasteiger charge is 2.38. The summed E-state index contributed by atoms with van der Waals surface area (Å²) in [6.45, 7) is 2.07. The van der Waals surface area contributed by atoms with Gasteiger partial charge in [0.1, 0.15) is 0 Å². The van der Waals surface area contributed by atoms with Crippen LogP contribution in [0.3, 0.4) is 0 Å². The molecule has 2 nitrogen and oxygen atoms in total. The molecule has 1 amide bonds. The van der Waals surface area contributed by atoms with Crippen LogP contribution in [0.15, 0.2) is 22.7 Å². The first-order chi connectivity index (χ1) is 9.32. The first kappa shape index (κ1) is 15.4. The number of amides is 1. The van der Waals surface area contributed by atoms with Gasteiger partial charge in [-0.1, -0.05) is 29.3 Å². The van der Waals surface area contributed by atoms with Crippen LogP contribution in [0.1, 0.15) is 42.1 Å². The molecular weight excluding hydrogens is 335 g/mol. The number of halogens is 4. The Balaban J connectivity index is 2.08. The summed E-state index contributed by atoms with van der Waals surface area (Å²) in [5.41, 5.74) is -0.784. The van der Waals surface area contributed by atoms with Gasteiger partial charge in [0.15, 0.2) is 0 Å². The SMILES string of the molecule is CCCC1CC1NC(=O)c1ccc(Br)c(C(F)(F)F)c1. The van der Waals surface area contributed by atoms with Crippen molar-refractivity contribution < 1.29 is 18.0 Å². The molecule has 1 N–H and O–H groups in total. The lowest BCUT2D eigenvalue weighted by Crippen LogP contribution is -2.27. The summed E-state index contributed by atoms with van der Waals surface area (Å²) in [5, 5.41) is 2.78. The second kappa shape index (κ2) is 5.76. The largest absolute Gasteiger partial charge is 0.417 e. The minimum absolute atomic E-state index is 0.0441. The van der Waals surface area contributed by atoms with Crippen LogP contribution in [0.5, 0.6) is 0 Å². The van der Waals surface area contributed by atoms with E-state index in [1.165, 1.54) is 12.1 Å². The number of hydrogen-bond donors (Lipinski definition) is 1. The molecule has 0 spiro atoms. The maximum absolute atomic E-state index is 12.8. The number of hydrogen-bond acceptors (Lipinski definition) is 1. The van der Waals surface area contributed by atoms with Crippen LogP contribution in [-0.2, 0) is 6.18 Å². The van der Waals surface area contributed by atoms with Gasteiger partial charge in [0.2, 0.25) is 0 Å². The molecule has 1 saturated carbocycles. The van der Waals surface area contributed by atoms with Gasteiger partial charge in [-0.25, -0.2) is 0 Å². The molecule has 6 heteroatoms. The predicted molar refractivity (Wildman–Crippen MR) is 73.4 cm³/mol. The highest BCUT2D eigenvalue weighted by atomic mass is 79.9. The minimum Gasteiger partial charge on any atom is -0.349 e. The maximum Gasteiger partial charge on any atom is 0.417 e. The van der Waals surface area contributed by atoms with E-state index in [2.05, 4.69) is 28.2 Å². The Labute approximate surface area is 123 Å². The lowest BCUT2D eigenvalue weighted by Gasteiger charge is -2.11. The number of carbonyl (C=O) groups excluding carboxylic acids is 1. The van der Waals surface area contributed by atoms with E-state index in [9.17, 15) is 18.0 Å². The van der Waals surface area contributed by atoms with Gasteiger partial charge >= 0.3 is 6.18 Å². The van der Waals surface area contributed by atoms with E-state index < -0.39 is 17.6 Å². The summed E-state index contributed by atoms with van der Waals surface area (Å²) in [6.07, 6.45) is -1.46. The number of alkyl halides is 3. The zero-order valence-corrected chi connectivity index (χ0v) is 12.5. The van der Waals surface area contributed by atoms with Crippen LogP contribution in [0.2, 0.25) is 0 Å². The molecule has 0 radical (unpaired) electrons. The highest BCUT2D eigenvalue weighted by Crippen LogP contribution is 2.36. The van der Waals surface area contributed by atoms with Crippen LogP contribution < -0.4 is 5.32 Å². The molecule has 1 aliphatic carbocycles. The number of nitrogens with one attached hydrogen (secondary N) is 1. The Kier molecular flexibility index (Phi) is 4.42. The van der Waals surface area contributed by atoms with Crippen LogP contribution in [0.25, 0.3) is 0 Å². The molecule has 2 atom stereocenters. The van der Waals surface area contributed by atoms with Crippen molar-refractivity contribution in [3.8, 4) is 0 Å². The standard InChI is InChI=1S/C14H15BrF3NO/c1-2-3-8-7-12(8)19-13(20)9-4-5-11(15)10(6-9)14(16,17)18/h4-6,8,12H,2-3,7H2,1H3,(H,19,20). The molecule has 2 rings (SSSR count). The average Bonchev–Trinajstić information content (AvgIpc) is 3.06. The van der Waals surface area contributed by atoms with Crippen molar-refractivity contribution in [3.05, 3.63) is 33.8 Å². The first-order valence-electron chi connectivity index (χ1n) is 6.50. The molecule has 1 aromatic carbocycles. The van der Waals surface area contributed by atoms with Gasteiger partial charge in [-0.05, 0) is 37.0 Å². The second-order valence-electron chi connectivity index (χ2n) is 5.06. The van der Waals surface area contributed by atoms with Crippen molar-refractivity contribution in [2.24, 2.45) is 5.92 Å². The first-order valence-corrected chi connectivity index (χ1v) is 7.29. The average molecular weight is 350 g/mol. The van der Waals surface area contributed by atoms with Crippen LogP contribution >= 0.6 is 15.9 Å².